The van der Waals surface area contributed by atoms with E-state index < -0.39 is 11.7 Å². The molecule has 0 unspecified atom stereocenters. The molecule has 2 aromatic rings. The first-order chi connectivity index (χ1) is 8.59. The van der Waals surface area contributed by atoms with Gasteiger partial charge in [0.25, 0.3) is 5.91 Å². The zero-order chi connectivity index (χ0) is 13.1. The maximum atomic E-state index is 13.7. The van der Waals surface area contributed by atoms with Gasteiger partial charge in [-0.15, -0.1) is 0 Å². The van der Waals surface area contributed by atoms with Gasteiger partial charge in [0.2, 0.25) is 0 Å². The SMILES string of the molecule is Cc1cccc(NC(=O)c2cccnc2Cl)c1F. The predicted octanol–water partition coefficient (Wildman–Crippen LogP) is 3.43. The first kappa shape index (κ1) is 12.5. The van der Waals surface area contributed by atoms with Crippen molar-refractivity contribution in [2.75, 3.05) is 5.32 Å². The van der Waals surface area contributed by atoms with Gasteiger partial charge >= 0.3 is 0 Å². The Morgan fingerprint density at radius 1 is 1.33 bits per heavy atom. The highest BCUT2D eigenvalue weighted by atomic mass is 35.5. The van der Waals surface area contributed by atoms with Crippen molar-refractivity contribution in [1.82, 2.24) is 4.98 Å². The van der Waals surface area contributed by atoms with E-state index in [9.17, 15) is 9.18 Å². The van der Waals surface area contributed by atoms with Crippen molar-refractivity contribution in [3.63, 3.8) is 0 Å². The molecular weight excluding hydrogens is 255 g/mol. The second-order valence-corrected chi connectivity index (χ2v) is 4.09. The molecule has 1 aromatic heterocycles. The van der Waals surface area contributed by atoms with Crippen LogP contribution in [0.1, 0.15) is 15.9 Å². The summed E-state index contributed by atoms with van der Waals surface area (Å²) in [6.45, 7) is 1.63. The van der Waals surface area contributed by atoms with E-state index in [0.29, 0.717) is 5.56 Å². The first-order valence-electron chi connectivity index (χ1n) is 5.26. The number of nitrogens with zero attached hydrogens (tertiary/aromatic N) is 1. The first-order valence-corrected chi connectivity index (χ1v) is 5.64. The lowest BCUT2D eigenvalue weighted by Gasteiger charge is -2.08. The van der Waals surface area contributed by atoms with Crippen LogP contribution in [0.3, 0.4) is 0 Å². The number of amides is 1. The number of pyridine rings is 1. The molecule has 0 aliphatic heterocycles. The van der Waals surface area contributed by atoms with Gasteiger partial charge in [0.15, 0.2) is 0 Å². The minimum Gasteiger partial charge on any atom is -0.319 e. The molecule has 0 radical (unpaired) electrons. The van der Waals surface area contributed by atoms with E-state index in [1.165, 1.54) is 18.3 Å². The number of rotatable bonds is 2. The average Bonchev–Trinajstić information content (AvgIpc) is 2.35. The molecule has 3 nitrogen and oxygen atoms in total. The molecule has 0 bridgehead atoms. The van der Waals surface area contributed by atoms with E-state index in [1.807, 2.05) is 0 Å². The number of aromatic nitrogens is 1. The number of carbonyl (C=O) groups excluding carboxylic acids is 1. The fraction of sp³-hybridized carbons (Fsp3) is 0.0769. The van der Waals surface area contributed by atoms with Gasteiger partial charge in [0.05, 0.1) is 11.3 Å². The third kappa shape index (κ3) is 2.49. The summed E-state index contributed by atoms with van der Waals surface area (Å²) in [5, 5.41) is 2.56. The van der Waals surface area contributed by atoms with Gasteiger partial charge in [-0.05, 0) is 30.7 Å². The van der Waals surface area contributed by atoms with E-state index in [-0.39, 0.29) is 16.4 Å². The van der Waals surface area contributed by atoms with Gasteiger partial charge in [-0.2, -0.15) is 0 Å². The summed E-state index contributed by atoms with van der Waals surface area (Å²) in [5.74, 6) is -0.941. The number of halogens is 2. The molecule has 92 valence electrons. The summed E-state index contributed by atoms with van der Waals surface area (Å²) in [6.07, 6.45) is 1.48. The number of carbonyl (C=O) groups is 1. The van der Waals surface area contributed by atoms with Gasteiger partial charge < -0.3 is 5.32 Å². The van der Waals surface area contributed by atoms with Crippen molar-refractivity contribution >= 4 is 23.2 Å². The topological polar surface area (TPSA) is 42.0 Å². The van der Waals surface area contributed by atoms with Crippen LogP contribution >= 0.6 is 11.6 Å². The molecule has 0 saturated heterocycles. The molecule has 2 rings (SSSR count). The van der Waals surface area contributed by atoms with Crippen LogP contribution in [0.5, 0.6) is 0 Å². The van der Waals surface area contributed by atoms with Crippen LogP contribution in [-0.4, -0.2) is 10.9 Å². The fourth-order valence-corrected chi connectivity index (χ4v) is 1.69. The molecule has 0 atom stereocenters. The van der Waals surface area contributed by atoms with Crippen molar-refractivity contribution in [1.29, 1.82) is 0 Å². The van der Waals surface area contributed by atoms with Crippen molar-refractivity contribution in [3.05, 3.63) is 58.6 Å². The highest BCUT2D eigenvalue weighted by molar-refractivity contribution is 6.33. The monoisotopic (exact) mass is 264 g/mol. The second-order valence-electron chi connectivity index (χ2n) is 3.73. The molecule has 0 fully saturated rings. The van der Waals surface area contributed by atoms with E-state index in [2.05, 4.69) is 10.3 Å². The Kier molecular flexibility index (Phi) is 3.58. The van der Waals surface area contributed by atoms with Crippen LogP contribution in [-0.2, 0) is 0 Å². The van der Waals surface area contributed by atoms with Crippen molar-refractivity contribution in [2.24, 2.45) is 0 Å². The Morgan fingerprint density at radius 3 is 2.83 bits per heavy atom. The van der Waals surface area contributed by atoms with Gasteiger partial charge in [0.1, 0.15) is 11.0 Å². The van der Waals surface area contributed by atoms with E-state index >= 15 is 0 Å². The minimum absolute atomic E-state index is 0.0862. The third-order valence-electron chi connectivity index (χ3n) is 2.44. The average molecular weight is 265 g/mol. The van der Waals surface area contributed by atoms with E-state index in [1.54, 1.807) is 25.1 Å². The largest absolute Gasteiger partial charge is 0.319 e. The van der Waals surface area contributed by atoms with E-state index in [0.717, 1.165) is 0 Å². The Bertz CT molecular complexity index is 601. The van der Waals surface area contributed by atoms with Crippen LogP contribution in [0.15, 0.2) is 36.5 Å². The molecule has 1 heterocycles. The maximum Gasteiger partial charge on any atom is 0.258 e. The zero-order valence-corrected chi connectivity index (χ0v) is 10.3. The van der Waals surface area contributed by atoms with Crippen LogP contribution in [0.4, 0.5) is 10.1 Å². The normalized spacial score (nSPS) is 10.2. The molecule has 0 spiro atoms. The second kappa shape index (κ2) is 5.14. The number of benzene rings is 1. The fourth-order valence-electron chi connectivity index (χ4n) is 1.49. The summed E-state index contributed by atoms with van der Waals surface area (Å²) in [6, 6.07) is 7.90. The van der Waals surface area contributed by atoms with Crippen molar-refractivity contribution < 1.29 is 9.18 Å². The quantitative estimate of drug-likeness (QED) is 0.845. The number of anilines is 1. The predicted molar refractivity (Wildman–Crippen MR) is 68.3 cm³/mol. The molecule has 5 heteroatoms. The summed E-state index contributed by atoms with van der Waals surface area (Å²) in [4.78, 5) is 15.7. The van der Waals surface area contributed by atoms with Gasteiger partial charge in [-0.25, -0.2) is 9.37 Å². The maximum absolute atomic E-state index is 13.7. The molecule has 1 N–H and O–H groups in total. The summed E-state index contributed by atoms with van der Waals surface area (Å²) >= 11 is 5.79. The lowest BCUT2D eigenvalue weighted by atomic mass is 10.2. The standard InChI is InChI=1S/C13H10ClFN2O/c1-8-4-2-6-10(11(8)15)17-13(18)9-5-3-7-16-12(9)14/h2-7H,1H3,(H,17,18). The van der Waals surface area contributed by atoms with Crippen LogP contribution in [0.25, 0.3) is 0 Å². The van der Waals surface area contributed by atoms with Crippen molar-refractivity contribution in [3.8, 4) is 0 Å². The number of hydrogen-bond acceptors (Lipinski definition) is 2. The smallest absolute Gasteiger partial charge is 0.258 e. The zero-order valence-electron chi connectivity index (χ0n) is 9.58. The van der Waals surface area contributed by atoms with Crippen molar-refractivity contribution in [2.45, 2.75) is 6.92 Å². The molecular formula is C13H10ClFN2O. The molecule has 18 heavy (non-hydrogen) atoms. The van der Waals surface area contributed by atoms with Crippen LogP contribution < -0.4 is 5.32 Å². The Morgan fingerprint density at radius 2 is 2.11 bits per heavy atom. The molecule has 0 aliphatic rings. The molecule has 0 saturated carbocycles. The lowest BCUT2D eigenvalue weighted by molar-refractivity contribution is 0.102. The lowest BCUT2D eigenvalue weighted by Crippen LogP contribution is -2.14. The Labute approximate surface area is 109 Å². The molecule has 1 aromatic carbocycles. The number of hydrogen-bond donors (Lipinski definition) is 1. The molecule has 1 amide bonds. The highest BCUT2D eigenvalue weighted by Crippen LogP contribution is 2.19. The summed E-state index contributed by atoms with van der Waals surface area (Å²) < 4.78 is 13.7. The number of aryl methyl sites for hydroxylation is 1. The highest BCUT2D eigenvalue weighted by Gasteiger charge is 2.13. The summed E-state index contributed by atoms with van der Waals surface area (Å²) in [7, 11) is 0. The number of nitrogens with one attached hydrogen (secondary N) is 1. The van der Waals surface area contributed by atoms with Gasteiger partial charge in [0, 0.05) is 6.20 Å². The third-order valence-corrected chi connectivity index (χ3v) is 2.74. The minimum atomic E-state index is -0.488. The Balaban J connectivity index is 2.27. The van der Waals surface area contributed by atoms with Gasteiger partial charge in [-0.1, -0.05) is 23.7 Å². The Hall–Kier alpha value is -1.94. The summed E-state index contributed by atoms with van der Waals surface area (Å²) in [5.41, 5.74) is 0.796. The van der Waals surface area contributed by atoms with Crippen LogP contribution in [0, 0.1) is 12.7 Å². The van der Waals surface area contributed by atoms with Crippen LogP contribution in [0.2, 0.25) is 5.15 Å². The molecule has 0 aliphatic carbocycles. The van der Waals surface area contributed by atoms with Gasteiger partial charge in [-0.3, -0.25) is 4.79 Å². The van der Waals surface area contributed by atoms with E-state index in [4.69, 9.17) is 11.6 Å².